The first-order valence-corrected chi connectivity index (χ1v) is 6.76. The molecule has 5 nitrogen and oxygen atoms in total. The highest BCUT2D eigenvalue weighted by atomic mass is 35.5. The first-order valence-electron chi connectivity index (χ1n) is 6.76. The lowest BCUT2D eigenvalue weighted by atomic mass is 10.0. The van der Waals surface area contributed by atoms with E-state index in [1.165, 1.54) is 6.07 Å². The molecule has 1 aromatic carbocycles. The predicted octanol–water partition coefficient (Wildman–Crippen LogP) is 1.77. The van der Waals surface area contributed by atoms with Crippen molar-refractivity contribution in [3.63, 3.8) is 0 Å². The van der Waals surface area contributed by atoms with Gasteiger partial charge in [-0.1, -0.05) is 12.1 Å². The van der Waals surface area contributed by atoms with E-state index < -0.39 is 0 Å². The normalized spacial score (nSPS) is 14.2. The molecule has 0 amide bonds. The fourth-order valence-corrected chi connectivity index (χ4v) is 2.15. The molecule has 0 unspecified atom stereocenters. The van der Waals surface area contributed by atoms with Crippen LogP contribution in [0.25, 0.3) is 5.57 Å². The Bertz CT molecular complexity index is 622. The first-order chi connectivity index (χ1) is 9.97. The standard InChI is InChI=1S/C15H20FN5.ClH/c1-21(2)15(18)20-14(17)19-8-7-11-4-3-10-5-6-12(16)9-13(10)11;/h4-6,9H,3,7-8H2,1-2H3,(H4,17,18,19,20);1H. The topological polar surface area (TPSA) is 80.0 Å². The van der Waals surface area contributed by atoms with E-state index >= 15 is 0 Å². The van der Waals surface area contributed by atoms with E-state index in [0.29, 0.717) is 18.9 Å². The lowest BCUT2D eigenvalue weighted by Gasteiger charge is -2.09. The van der Waals surface area contributed by atoms with Crippen LogP contribution in [0.4, 0.5) is 4.39 Å². The number of allylic oxidation sites excluding steroid dienone is 1. The van der Waals surface area contributed by atoms with Crippen molar-refractivity contribution in [2.75, 3.05) is 20.6 Å². The molecule has 1 aliphatic rings. The van der Waals surface area contributed by atoms with Crippen LogP contribution in [0.1, 0.15) is 17.5 Å². The van der Waals surface area contributed by atoms with Gasteiger partial charge in [-0.2, -0.15) is 4.99 Å². The predicted molar refractivity (Wildman–Crippen MR) is 91.7 cm³/mol. The molecule has 0 fully saturated rings. The summed E-state index contributed by atoms with van der Waals surface area (Å²) in [6.45, 7) is 0.498. The number of fused-ring (bicyclic) bond motifs is 1. The Morgan fingerprint density at radius 1 is 1.32 bits per heavy atom. The van der Waals surface area contributed by atoms with Gasteiger partial charge in [-0.3, -0.25) is 4.99 Å². The molecule has 0 saturated heterocycles. The van der Waals surface area contributed by atoms with Crippen LogP contribution in [-0.2, 0) is 6.42 Å². The minimum atomic E-state index is -0.215. The van der Waals surface area contributed by atoms with Gasteiger partial charge in [0.25, 0.3) is 0 Å². The largest absolute Gasteiger partial charge is 0.369 e. The summed E-state index contributed by atoms with van der Waals surface area (Å²) in [4.78, 5) is 9.79. The fourth-order valence-electron chi connectivity index (χ4n) is 2.15. The molecule has 0 heterocycles. The zero-order valence-corrected chi connectivity index (χ0v) is 13.5. The summed E-state index contributed by atoms with van der Waals surface area (Å²) < 4.78 is 13.3. The molecular formula is C15H21ClFN5. The Hall–Kier alpha value is -2.08. The molecule has 0 atom stereocenters. The van der Waals surface area contributed by atoms with Crippen LogP contribution >= 0.6 is 12.4 Å². The molecule has 0 aromatic heterocycles. The SMILES string of the molecule is CN(C)C(N)=NC(N)=NCCC1=CCc2ccc(F)cc21.Cl. The van der Waals surface area contributed by atoms with Crippen molar-refractivity contribution in [1.82, 2.24) is 4.90 Å². The number of nitrogens with zero attached hydrogens (tertiary/aromatic N) is 3. The Morgan fingerprint density at radius 3 is 2.73 bits per heavy atom. The number of nitrogens with two attached hydrogens (primary N) is 2. The van der Waals surface area contributed by atoms with Crippen molar-refractivity contribution >= 4 is 29.9 Å². The second-order valence-electron chi connectivity index (χ2n) is 5.09. The van der Waals surface area contributed by atoms with Gasteiger partial charge in [-0.05, 0) is 41.7 Å². The van der Waals surface area contributed by atoms with E-state index in [1.54, 1.807) is 25.1 Å². The van der Waals surface area contributed by atoms with Gasteiger partial charge in [0, 0.05) is 20.6 Å². The number of halogens is 2. The third-order valence-electron chi connectivity index (χ3n) is 3.33. The van der Waals surface area contributed by atoms with Gasteiger partial charge >= 0.3 is 0 Å². The number of guanidine groups is 2. The van der Waals surface area contributed by atoms with Gasteiger partial charge in [0.1, 0.15) is 5.82 Å². The van der Waals surface area contributed by atoms with Crippen LogP contribution in [0.3, 0.4) is 0 Å². The van der Waals surface area contributed by atoms with E-state index in [1.807, 2.05) is 6.07 Å². The van der Waals surface area contributed by atoms with Gasteiger partial charge in [0.2, 0.25) is 5.96 Å². The van der Waals surface area contributed by atoms with Crippen LogP contribution in [0.15, 0.2) is 34.3 Å². The maximum Gasteiger partial charge on any atom is 0.218 e. The second kappa shape index (κ2) is 7.79. The van der Waals surface area contributed by atoms with Crippen molar-refractivity contribution in [3.05, 3.63) is 41.2 Å². The molecular weight excluding hydrogens is 305 g/mol. The van der Waals surface area contributed by atoms with Crippen LogP contribution in [0, 0.1) is 5.82 Å². The quantitative estimate of drug-likeness (QED) is 0.656. The monoisotopic (exact) mass is 325 g/mol. The first kappa shape index (κ1) is 18.0. The summed E-state index contributed by atoms with van der Waals surface area (Å²) in [5, 5.41) is 0. The number of hydrogen-bond donors (Lipinski definition) is 2. The summed E-state index contributed by atoms with van der Waals surface area (Å²) >= 11 is 0. The maximum atomic E-state index is 13.3. The lowest BCUT2D eigenvalue weighted by Crippen LogP contribution is -2.32. The van der Waals surface area contributed by atoms with Gasteiger partial charge < -0.3 is 16.4 Å². The van der Waals surface area contributed by atoms with Gasteiger partial charge in [-0.15, -0.1) is 12.4 Å². The van der Waals surface area contributed by atoms with E-state index in [4.69, 9.17) is 11.5 Å². The average Bonchev–Trinajstić information content (AvgIpc) is 2.81. The average molecular weight is 326 g/mol. The molecule has 22 heavy (non-hydrogen) atoms. The molecule has 0 spiro atoms. The molecule has 1 aliphatic carbocycles. The molecule has 2 rings (SSSR count). The van der Waals surface area contributed by atoms with Gasteiger partial charge in [0.05, 0.1) is 0 Å². The van der Waals surface area contributed by atoms with E-state index in [2.05, 4.69) is 16.1 Å². The van der Waals surface area contributed by atoms with E-state index in [9.17, 15) is 4.39 Å². The Labute approximate surface area is 136 Å². The maximum absolute atomic E-state index is 13.3. The summed E-state index contributed by atoms with van der Waals surface area (Å²) in [5.41, 5.74) is 14.6. The van der Waals surface area contributed by atoms with Crippen LogP contribution in [0.2, 0.25) is 0 Å². The summed E-state index contributed by atoms with van der Waals surface area (Å²) in [6.07, 6.45) is 3.65. The van der Waals surface area contributed by atoms with Crippen molar-refractivity contribution in [2.45, 2.75) is 12.8 Å². The van der Waals surface area contributed by atoms with Gasteiger partial charge in [0.15, 0.2) is 5.96 Å². The van der Waals surface area contributed by atoms with Crippen LogP contribution in [0.5, 0.6) is 0 Å². The minimum Gasteiger partial charge on any atom is -0.369 e. The fraction of sp³-hybridized carbons (Fsp3) is 0.333. The summed E-state index contributed by atoms with van der Waals surface area (Å²) in [6, 6.07) is 4.89. The molecule has 120 valence electrons. The second-order valence-corrected chi connectivity index (χ2v) is 5.09. The van der Waals surface area contributed by atoms with Crippen molar-refractivity contribution in [1.29, 1.82) is 0 Å². The summed E-state index contributed by atoms with van der Waals surface area (Å²) in [5.74, 6) is 0.246. The van der Waals surface area contributed by atoms with Crippen molar-refractivity contribution in [3.8, 4) is 0 Å². The van der Waals surface area contributed by atoms with E-state index in [-0.39, 0.29) is 24.2 Å². The zero-order valence-electron chi connectivity index (χ0n) is 12.7. The highest BCUT2D eigenvalue weighted by Crippen LogP contribution is 2.30. The highest BCUT2D eigenvalue weighted by Gasteiger charge is 2.14. The number of hydrogen-bond acceptors (Lipinski definition) is 1. The highest BCUT2D eigenvalue weighted by molar-refractivity contribution is 5.93. The third-order valence-corrected chi connectivity index (χ3v) is 3.33. The number of rotatable bonds is 3. The molecule has 4 N–H and O–H groups in total. The smallest absolute Gasteiger partial charge is 0.218 e. The van der Waals surface area contributed by atoms with Crippen LogP contribution < -0.4 is 11.5 Å². The van der Waals surface area contributed by atoms with Gasteiger partial charge in [-0.25, -0.2) is 4.39 Å². The molecule has 7 heteroatoms. The molecule has 0 radical (unpaired) electrons. The summed E-state index contributed by atoms with van der Waals surface area (Å²) in [7, 11) is 3.56. The van der Waals surface area contributed by atoms with Crippen LogP contribution in [-0.4, -0.2) is 37.5 Å². The molecule has 0 bridgehead atoms. The van der Waals surface area contributed by atoms with Crippen molar-refractivity contribution < 1.29 is 4.39 Å². The third kappa shape index (κ3) is 4.46. The Kier molecular flexibility index (Phi) is 6.37. The van der Waals surface area contributed by atoms with Crippen molar-refractivity contribution in [2.24, 2.45) is 21.5 Å². The molecule has 0 aliphatic heterocycles. The minimum absolute atomic E-state index is 0. The molecule has 1 aromatic rings. The van der Waals surface area contributed by atoms with E-state index in [0.717, 1.165) is 23.1 Å². The Morgan fingerprint density at radius 2 is 2.05 bits per heavy atom. The lowest BCUT2D eigenvalue weighted by molar-refractivity contribution is 0.615. The number of benzene rings is 1. The number of aliphatic imine (C=N–C) groups is 2. The Balaban J connectivity index is 0.00000242. The zero-order chi connectivity index (χ0) is 15.4. The molecule has 0 saturated carbocycles.